The monoisotopic (exact) mass is 249 g/mol. The number of hydrogen-bond acceptors (Lipinski definition) is 2. The van der Waals surface area contributed by atoms with Crippen LogP contribution in [0.5, 0.6) is 0 Å². The summed E-state index contributed by atoms with van der Waals surface area (Å²) < 4.78 is 15.4. The summed E-state index contributed by atoms with van der Waals surface area (Å²) in [6.45, 7) is 5.61. The Labute approximate surface area is 85.5 Å². The molecular weight excluding hydrogens is 237 g/mol. The highest BCUT2D eigenvalue weighted by atomic mass is 79.9. The number of aromatic nitrogens is 3. The van der Waals surface area contributed by atoms with E-state index in [9.17, 15) is 4.39 Å². The first-order valence-electron chi connectivity index (χ1n) is 4.18. The summed E-state index contributed by atoms with van der Waals surface area (Å²) in [5.41, 5.74) is -1.43. The average Bonchev–Trinajstić information content (AvgIpc) is 2.45. The molecule has 0 saturated carbocycles. The van der Waals surface area contributed by atoms with Crippen LogP contribution in [0.25, 0.3) is 0 Å². The third kappa shape index (κ3) is 2.07. The molecule has 74 valence electrons. The van der Waals surface area contributed by atoms with Crippen molar-refractivity contribution in [2.45, 2.75) is 38.3 Å². The molecule has 1 heterocycles. The molecule has 0 unspecified atom stereocenters. The third-order valence-corrected chi connectivity index (χ3v) is 2.30. The summed E-state index contributed by atoms with van der Waals surface area (Å²) in [6, 6.07) is 0. The Hall–Kier alpha value is -0.450. The Morgan fingerprint density at radius 2 is 2.08 bits per heavy atom. The SMILES string of the molecule is CCn1c(CBr)nnc1C(C)(C)F. The van der Waals surface area contributed by atoms with E-state index in [0.29, 0.717) is 17.7 Å². The first kappa shape index (κ1) is 10.6. The van der Waals surface area contributed by atoms with Crippen molar-refractivity contribution in [3.63, 3.8) is 0 Å². The van der Waals surface area contributed by atoms with E-state index in [2.05, 4.69) is 26.1 Å². The van der Waals surface area contributed by atoms with Crippen molar-refractivity contribution in [2.75, 3.05) is 0 Å². The number of alkyl halides is 2. The van der Waals surface area contributed by atoms with E-state index >= 15 is 0 Å². The zero-order valence-corrected chi connectivity index (χ0v) is 9.60. The molecule has 0 aromatic carbocycles. The van der Waals surface area contributed by atoms with Crippen LogP contribution in [0.2, 0.25) is 0 Å². The van der Waals surface area contributed by atoms with Crippen molar-refractivity contribution < 1.29 is 4.39 Å². The van der Waals surface area contributed by atoms with E-state index in [1.165, 1.54) is 13.8 Å². The van der Waals surface area contributed by atoms with Crippen molar-refractivity contribution in [3.8, 4) is 0 Å². The molecule has 0 spiro atoms. The average molecular weight is 250 g/mol. The summed E-state index contributed by atoms with van der Waals surface area (Å²) in [7, 11) is 0. The molecule has 13 heavy (non-hydrogen) atoms. The van der Waals surface area contributed by atoms with Gasteiger partial charge in [-0.05, 0) is 20.8 Å². The fourth-order valence-corrected chi connectivity index (χ4v) is 1.62. The zero-order chi connectivity index (χ0) is 10.1. The zero-order valence-electron chi connectivity index (χ0n) is 8.01. The van der Waals surface area contributed by atoms with Crippen LogP contribution in [0.1, 0.15) is 32.4 Å². The van der Waals surface area contributed by atoms with E-state index in [1.807, 2.05) is 6.92 Å². The van der Waals surface area contributed by atoms with Crippen LogP contribution < -0.4 is 0 Å². The fraction of sp³-hybridized carbons (Fsp3) is 0.750. The maximum absolute atomic E-state index is 13.6. The van der Waals surface area contributed by atoms with Gasteiger partial charge in [-0.15, -0.1) is 10.2 Å². The Morgan fingerprint density at radius 3 is 2.46 bits per heavy atom. The van der Waals surface area contributed by atoms with Crippen LogP contribution in [-0.4, -0.2) is 14.8 Å². The van der Waals surface area contributed by atoms with Gasteiger partial charge < -0.3 is 4.57 Å². The topological polar surface area (TPSA) is 30.7 Å². The summed E-state index contributed by atoms with van der Waals surface area (Å²) >= 11 is 3.28. The maximum atomic E-state index is 13.6. The van der Waals surface area contributed by atoms with Gasteiger partial charge in [0.2, 0.25) is 0 Å². The number of halogens is 2. The molecule has 0 aliphatic rings. The molecule has 3 nitrogen and oxygen atoms in total. The van der Waals surface area contributed by atoms with Crippen molar-refractivity contribution in [3.05, 3.63) is 11.6 Å². The Balaban J connectivity index is 3.16. The van der Waals surface area contributed by atoms with Crippen LogP contribution in [-0.2, 0) is 17.5 Å². The van der Waals surface area contributed by atoms with E-state index in [-0.39, 0.29) is 0 Å². The third-order valence-electron chi connectivity index (χ3n) is 1.79. The number of nitrogens with zero attached hydrogens (tertiary/aromatic N) is 3. The molecule has 0 fully saturated rings. The molecule has 0 amide bonds. The molecule has 0 N–H and O–H groups in total. The Morgan fingerprint density at radius 1 is 1.46 bits per heavy atom. The first-order chi connectivity index (χ1) is 6.00. The van der Waals surface area contributed by atoms with Gasteiger partial charge in [0, 0.05) is 6.54 Å². The van der Waals surface area contributed by atoms with E-state index in [4.69, 9.17) is 0 Å². The fourth-order valence-electron chi connectivity index (χ4n) is 1.21. The van der Waals surface area contributed by atoms with Crippen molar-refractivity contribution in [1.82, 2.24) is 14.8 Å². The van der Waals surface area contributed by atoms with Gasteiger partial charge in [0.05, 0.1) is 5.33 Å². The second kappa shape index (κ2) is 3.74. The lowest BCUT2D eigenvalue weighted by Gasteiger charge is -2.14. The summed E-state index contributed by atoms with van der Waals surface area (Å²) in [5.74, 6) is 1.16. The highest BCUT2D eigenvalue weighted by molar-refractivity contribution is 9.08. The van der Waals surface area contributed by atoms with Crippen LogP contribution >= 0.6 is 15.9 Å². The molecule has 0 bridgehead atoms. The smallest absolute Gasteiger partial charge is 0.170 e. The highest BCUT2D eigenvalue weighted by Crippen LogP contribution is 2.23. The Bertz CT molecular complexity index is 290. The second-order valence-corrected chi connectivity index (χ2v) is 3.85. The van der Waals surface area contributed by atoms with Crippen LogP contribution in [0, 0.1) is 0 Å². The molecule has 1 aromatic heterocycles. The lowest BCUT2D eigenvalue weighted by atomic mass is 10.1. The molecule has 5 heteroatoms. The van der Waals surface area contributed by atoms with Crippen molar-refractivity contribution in [2.24, 2.45) is 0 Å². The van der Waals surface area contributed by atoms with Crippen molar-refractivity contribution >= 4 is 15.9 Å². The molecule has 0 atom stereocenters. The van der Waals surface area contributed by atoms with E-state index in [0.717, 1.165) is 5.82 Å². The second-order valence-electron chi connectivity index (χ2n) is 3.29. The lowest BCUT2D eigenvalue weighted by molar-refractivity contribution is 0.198. The summed E-state index contributed by atoms with van der Waals surface area (Å²) in [5, 5.41) is 8.34. The van der Waals surface area contributed by atoms with Gasteiger partial charge in [-0.25, -0.2) is 4.39 Å². The molecule has 1 rings (SSSR count). The van der Waals surface area contributed by atoms with Crippen LogP contribution in [0.4, 0.5) is 4.39 Å². The minimum Gasteiger partial charge on any atom is -0.312 e. The van der Waals surface area contributed by atoms with Gasteiger partial charge >= 0.3 is 0 Å². The minimum atomic E-state index is -1.43. The standard InChI is InChI=1S/C8H13BrFN3/c1-4-13-6(5-9)11-12-7(13)8(2,3)10/h4-5H2,1-3H3. The predicted molar refractivity (Wildman–Crippen MR) is 52.5 cm³/mol. The minimum absolute atomic E-state index is 0.393. The highest BCUT2D eigenvalue weighted by Gasteiger charge is 2.26. The van der Waals surface area contributed by atoms with Crippen molar-refractivity contribution in [1.29, 1.82) is 0 Å². The quantitative estimate of drug-likeness (QED) is 0.771. The predicted octanol–water partition coefficient (Wildman–Crippen LogP) is 2.40. The van der Waals surface area contributed by atoms with Gasteiger partial charge in [-0.1, -0.05) is 15.9 Å². The normalized spacial score (nSPS) is 12.1. The molecule has 0 aliphatic heterocycles. The first-order valence-corrected chi connectivity index (χ1v) is 5.30. The molecule has 0 saturated heterocycles. The van der Waals surface area contributed by atoms with Gasteiger partial charge in [0.25, 0.3) is 0 Å². The largest absolute Gasteiger partial charge is 0.312 e. The van der Waals surface area contributed by atoms with Crippen LogP contribution in [0.15, 0.2) is 0 Å². The Kier molecular flexibility index (Phi) is 3.05. The van der Waals surface area contributed by atoms with Crippen LogP contribution in [0.3, 0.4) is 0 Å². The molecular formula is C8H13BrFN3. The molecule has 1 aromatic rings. The molecule has 0 radical (unpaired) electrons. The number of rotatable bonds is 3. The van der Waals surface area contributed by atoms with Gasteiger partial charge in [0.1, 0.15) is 5.82 Å². The maximum Gasteiger partial charge on any atom is 0.170 e. The lowest BCUT2D eigenvalue weighted by Crippen LogP contribution is -2.18. The number of hydrogen-bond donors (Lipinski definition) is 0. The van der Waals surface area contributed by atoms with Gasteiger partial charge in [-0.2, -0.15) is 0 Å². The summed E-state index contributed by atoms with van der Waals surface area (Å²) in [4.78, 5) is 0. The molecule has 0 aliphatic carbocycles. The van der Waals surface area contributed by atoms with Gasteiger partial charge in [-0.3, -0.25) is 0 Å². The van der Waals surface area contributed by atoms with E-state index < -0.39 is 5.67 Å². The van der Waals surface area contributed by atoms with Gasteiger partial charge in [0.15, 0.2) is 11.5 Å². The van der Waals surface area contributed by atoms with E-state index in [1.54, 1.807) is 4.57 Å². The summed E-state index contributed by atoms with van der Waals surface area (Å²) in [6.07, 6.45) is 0.